The van der Waals surface area contributed by atoms with Gasteiger partial charge >= 0.3 is 0 Å². The molecular formula is C13H12ClIN2O2S. The number of hydrogen-bond acceptors (Lipinski definition) is 3. The third-order valence-electron chi connectivity index (χ3n) is 2.63. The van der Waals surface area contributed by atoms with Crippen molar-refractivity contribution in [3.05, 3.63) is 50.6 Å². The summed E-state index contributed by atoms with van der Waals surface area (Å²) in [7, 11) is -3.72. The van der Waals surface area contributed by atoms with Crippen molar-refractivity contribution < 1.29 is 8.42 Å². The minimum atomic E-state index is -3.72. The predicted molar refractivity (Wildman–Crippen MR) is 90.6 cm³/mol. The van der Waals surface area contributed by atoms with E-state index in [1.807, 2.05) is 29.5 Å². The third-order valence-corrected chi connectivity index (χ3v) is 5.20. The lowest BCUT2D eigenvalue weighted by Gasteiger charge is -2.12. The summed E-state index contributed by atoms with van der Waals surface area (Å²) in [5.74, 6) is 0. The van der Waals surface area contributed by atoms with Crippen LogP contribution in [0.1, 0.15) is 5.56 Å². The molecular weight excluding hydrogens is 411 g/mol. The first kappa shape index (κ1) is 15.4. The number of benzene rings is 2. The molecule has 0 atom stereocenters. The van der Waals surface area contributed by atoms with E-state index in [4.69, 9.17) is 17.3 Å². The fourth-order valence-electron chi connectivity index (χ4n) is 1.68. The molecule has 4 nitrogen and oxygen atoms in total. The summed E-state index contributed by atoms with van der Waals surface area (Å²) in [6.07, 6.45) is 0. The van der Waals surface area contributed by atoms with E-state index in [1.165, 1.54) is 6.07 Å². The van der Waals surface area contributed by atoms with Gasteiger partial charge in [0.15, 0.2) is 0 Å². The second kappa shape index (κ2) is 5.79. The lowest BCUT2D eigenvalue weighted by molar-refractivity contribution is 0.601. The SMILES string of the molecule is Cc1ccc(S(=O)(=O)Nc2ccc(Cl)cc2I)c(N)c1. The van der Waals surface area contributed by atoms with Crippen molar-refractivity contribution in [1.29, 1.82) is 0 Å². The number of sulfonamides is 1. The Balaban J connectivity index is 2.41. The molecule has 0 aromatic heterocycles. The summed E-state index contributed by atoms with van der Waals surface area (Å²) in [4.78, 5) is 0.0638. The Morgan fingerprint density at radius 1 is 1.20 bits per heavy atom. The number of anilines is 2. The number of aryl methyl sites for hydroxylation is 1. The van der Waals surface area contributed by atoms with E-state index in [9.17, 15) is 8.42 Å². The van der Waals surface area contributed by atoms with Crippen molar-refractivity contribution >= 4 is 55.6 Å². The molecule has 2 aromatic rings. The largest absolute Gasteiger partial charge is 0.398 e. The Labute approximate surface area is 136 Å². The Hall–Kier alpha value is -0.990. The molecule has 0 aliphatic rings. The molecule has 0 heterocycles. The highest BCUT2D eigenvalue weighted by molar-refractivity contribution is 14.1. The van der Waals surface area contributed by atoms with Crippen molar-refractivity contribution in [2.45, 2.75) is 11.8 Å². The molecule has 0 radical (unpaired) electrons. The maximum absolute atomic E-state index is 12.3. The summed E-state index contributed by atoms with van der Waals surface area (Å²) in [5.41, 5.74) is 7.38. The smallest absolute Gasteiger partial charge is 0.263 e. The minimum Gasteiger partial charge on any atom is -0.398 e. The Kier molecular flexibility index (Phi) is 4.46. The topological polar surface area (TPSA) is 72.2 Å². The van der Waals surface area contributed by atoms with Gasteiger partial charge in [-0.15, -0.1) is 0 Å². The van der Waals surface area contributed by atoms with Crippen LogP contribution >= 0.6 is 34.2 Å². The van der Waals surface area contributed by atoms with Crippen LogP contribution in [0.2, 0.25) is 5.02 Å². The van der Waals surface area contributed by atoms with Crippen LogP contribution in [0.5, 0.6) is 0 Å². The van der Waals surface area contributed by atoms with Gasteiger partial charge in [-0.05, 0) is 65.4 Å². The van der Waals surface area contributed by atoms with E-state index in [-0.39, 0.29) is 10.6 Å². The van der Waals surface area contributed by atoms with E-state index in [0.29, 0.717) is 14.3 Å². The van der Waals surface area contributed by atoms with Crippen LogP contribution in [-0.4, -0.2) is 8.42 Å². The van der Waals surface area contributed by atoms with Gasteiger partial charge in [-0.1, -0.05) is 17.7 Å². The van der Waals surface area contributed by atoms with Crippen LogP contribution < -0.4 is 10.5 Å². The second-order valence-corrected chi connectivity index (χ2v) is 7.52. The molecule has 0 spiro atoms. The van der Waals surface area contributed by atoms with Crippen LogP contribution in [0.3, 0.4) is 0 Å². The zero-order valence-corrected chi connectivity index (χ0v) is 14.3. The maximum Gasteiger partial charge on any atom is 0.263 e. The average molecular weight is 423 g/mol. The third kappa shape index (κ3) is 3.36. The highest BCUT2D eigenvalue weighted by Crippen LogP contribution is 2.27. The average Bonchev–Trinajstić information content (AvgIpc) is 2.32. The number of nitrogens with one attached hydrogen (secondary N) is 1. The van der Waals surface area contributed by atoms with Gasteiger partial charge in [-0.3, -0.25) is 4.72 Å². The van der Waals surface area contributed by atoms with Crippen molar-refractivity contribution in [2.75, 3.05) is 10.5 Å². The van der Waals surface area contributed by atoms with Crippen LogP contribution in [0, 0.1) is 10.5 Å². The van der Waals surface area contributed by atoms with Crippen molar-refractivity contribution in [3.63, 3.8) is 0 Å². The zero-order valence-electron chi connectivity index (χ0n) is 10.5. The lowest BCUT2D eigenvalue weighted by atomic mass is 10.2. The monoisotopic (exact) mass is 422 g/mol. The second-order valence-electron chi connectivity index (χ2n) is 4.27. The minimum absolute atomic E-state index is 0.0638. The summed E-state index contributed by atoms with van der Waals surface area (Å²) in [6.45, 7) is 1.85. The number of hydrogen-bond donors (Lipinski definition) is 2. The van der Waals surface area contributed by atoms with Gasteiger partial charge < -0.3 is 5.73 Å². The standard InChI is InChI=1S/C13H12ClIN2O2S/c1-8-2-5-13(11(16)6-8)20(18,19)17-12-4-3-9(14)7-10(12)15/h2-7,17H,16H2,1H3. The summed E-state index contributed by atoms with van der Waals surface area (Å²) < 4.78 is 27.9. The first-order chi connectivity index (χ1) is 9.29. The molecule has 3 N–H and O–H groups in total. The van der Waals surface area contributed by atoms with Gasteiger partial charge in [0.2, 0.25) is 0 Å². The molecule has 0 amide bonds. The lowest BCUT2D eigenvalue weighted by Crippen LogP contribution is -2.15. The molecule has 0 saturated heterocycles. The Morgan fingerprint density at radius 2 is 1.90 bits per heavy atom. The number of nitrogen functional groups attached to an aromatic ring is 1. The summed E-state index contributed by atoms with van der Waals surface area (Å²) >= 11 is 7.86. The van der Waals surface area contributed by atoms with Gasteiger partial charge in [0.05, 0.1) is 11.4 Å². The molecule has 20 heavy (non-hydrogen) atoms. The van der Waals surface area contributed by atoms with Gasteiger partial charge in [0.1, 0.15) is 4.90 Å². The Morgan fingerprint density at radius 3 is 2.50 bits per heavy atom. The van der Waals surface area contributed by atoms with Gasteiger partial charge in [0.25, 0.3) is 10.0 Å². The first-order valence-electron chi connectivity index (χ1n) is 5.63. The molecule has 0 saturated carbocycles. The molecule has 2 aromatic carbocycles. The molecule has 106 valence electrons. The zero-order chi connectivity index (χ0) is 14.9. The van der Waals surface area contributed by atoms with Crippen molar-refractivity contribution in [1.82, 2.24) is 0 Å². The molecule has 0 aliphatic heterocycles. The van der Waals surface area contributed by atoms with E-state index in [1.54, 1.807) is 30.3 Å². The molecule has 0 unspecified atom stereocenters. The summed E-state index contributed by atoms with van der Waals surface area (Å²) in [6, 6.07) is 9.75. The highest BCUT2D eigenvalue weighted by atomic mass is 127. The van der Waals surface area contributed by atoms with Gasteiger partial charge in [-0.2, -0.15) is 0 Å². The number of rotatable bonds is 3. The van der Waals surface area contributed by atoms with E-state index >= 15 is 0 Å². The van der Waals surface area contributed by atoms with E-state index in [2.05, 4.69) is 4.72 Å². The molecule has 0 bridgehead atoms. The molecule has 2 rings (SSSR count). The number of halogens is 2. The Bertz CT molecular complexity index is 763. The quantitative estimate of drug-likeness (QED) is 0.586. The van der Waals surface area contributed by atoms with Gasteiger partial charge in [0, 0.05) is 8.59 Å². The normalized spacial score (nSPS) is 11.3. The number of nitrogens with two attached hydrogens (primary N) is 1. The van der Waals surface area contributed by atoms with Crippen LogP contribution in [-0.2, 0) is 10.0 Å². The maximum atomic E-state index is 12.3. The molecule has 7 heteroatoms. The van der Waals surface area contributed by atoms with Crippen molar-refractivity contribution in [3.8, 4) is 0 Å². The van der Waals surface area contributed by atoms with E-state index in [0.717, 1.165) is 5.56 Å². The van der Waals surface area contributed by atoms with Crippen LogP contribution in [0.25, 0.3) is 0 Å². The van der Waals surface area contributed by atoms with Crippen LogP contribution in [0.15, 0.2) is 41.3 Å². The molecule has 0 aliphatic carbocycles. The van der Waals surface area contributed by atoms with E-state index < -0.39 is 10.0 Å². The molecule has 0 fully saturated rings. The van der Waals surface area contributed by atoms with Crippen molar-refractivity contribution in [2.24, 2.45) is 0 Å². The van der Waals surface area contributed by atoms with Crippen LogP contribution in [0.4, 0.5) is 11.4 Å². The fraction of sp³-hybridized carbons (Fsp3) is 0.0769. The van der Waals surface area contributed by atoms with Gasteiger partial charge in [-0.25, -0.2) is 8.42 Å². The first-order valence-corrected chi connectivity index (χ1v) is 8.57. The summed E-state index contributed by atoms with van der Waals surface area (Å²) in [5, 5.41) is 0.548. The fourth-order valence-corrected chi connectivity index (χ4v) is 4.07. The highest BCUT2D eigenvalue weighted by Gasteiger charge is 2.18. The predicted octanol–water partition coefficient (Wildman–Crippen LogP) is 3.64.